The SMILES string of the molecule is COc1cc(CN2CCCc3nc(NC(=O)CC(C)(C)C)c(C)cc32)ccn1. The third-order valence-corrected chi connectivity index (χ3v) is 4.78. The van der Waals surface area contributed by atoms with Gasteiger partial charge in [0.25, 0.3) is 0 Å². The zero-order chi connectivity index (χ0) is 20.3. The van der Waals surface area contributed by atoms with Crippen LogP contribution in [-0.4, -0.2) is 29.5 Å². The fourth-order valence-corrected chi connectivity index (χ4v) is 3.48. The number of amides is 1. The lowest BCUT2D eigenvalue weighted by Crippen LogP contribution is -2.30. The van der Waals surface area contributed by atoms with Crippen LogP contribution in [0.2, 0.25) is 0 Å². The van der Waals surface area contributed by atoms with E-state index in [1.54, 1.807) is 13.3 Å². The van der Waals surface area contributed by atoms with E-state index in [1.807, 2.05) is 19.1 Å². The largest absolute Gasteiger partial charge is 0.481 e. The molecule has 0 aliphatic carbocycles. The molecule has 0 bridgehead atoms. The predicted molar refractivity (Wildman–Crippen MR) is 112 cm³/mol. The van der Waals surface area contributed by atoms with Gasteiger partial charge in [-0.25, -0.2) is 9.97 Å². The molecule has 0 spiro atoms. The molecule has 28 heavy (non-hydrogen) atoms. The number of hydrogen-bond acceptors (Lipinski definition) is 5. The van der Waals surface area contributed by atoms with Crippen molar-refractivity contribution in [1.29, 1.82) is 0 Å². The standard InChI is InChI=1S/C22H30N4O2/c1-15-11-18-17(24-21(15)25-19(27)13-22(2,3)4)7-6-10-26(18)14-16-8-9-23-20(12-16)28-5/h8-9,11-12H,6-7,10,13-14H2,1-5H3,(H,24,25,27). The van der Waals surface area contributed by atoms with Crippen molar-refractivity contribution >= 4 is 17.4 Å². The van der Waals surface area contributed by atoms with Gasteiger partial charge in [0.1, 0.15) is 5.82 Å². The van der Waals surface area contributed by atoms with E-state index in [9.17, 15) is 4.79 Å². The molecule has 1 aliphatic heterocycles. The molecule has 1 N–H and O–H groups in total. The first kappa shape index (κ1) is 20.1. The molecule has 0 fully saturated rings. The first-order valence-electron chi connectivity index (χ1n) is 9.79. The van der Waals surface area contributed by atoms with Crippen LogP contribution in [0.3, 0.4) is 0 Å². The van der Waals surface area contributed by atoms with Crippen LogP contribution >= 0.6 is 0 Å². The second-order valence-electron chi connectivity index (χ2n) is 8.64. The normalized spacial score (nSPS) is 13.8. The third kappa shape index (κ3) is 5.00. The highest BCUT2D eigenvalue weighted by atomic mass is 16.5. The summed E-state index contributed by atoms with van der Waals surface area (Å²) in [6, 6.07) is 6.13. The first-order chi connectivity index (χ1) is 13.2. The maximum atomic E-state index is 12.3. The number of fused-ring (bicyclic) bond motifs is 1. The van der Waals surface area contributed by atoms with Gasteiger partial charge in [-0.3, -0.25) is 4.79 Å². The van der Waals surface area contributed by atoms with Gasteiger partial charge in [-0.15, -0.1) is 0 Å². The van der Waals surface area contributed by atoms with E-state index in [2.05, 4.69) is 42.0 Å². The van der Waals surface area contributed by atoms with E-state index in [-0.39, 0.29) is 11.3 Å². The summed E-state index contributed by atoms with van der Waals surface area (Å²) >= 11 is 0. The Hall–Kier alpha value is -2.63. The first-order valence-corrected chi connectivity index (χ1v) is 9.79. The molecule has 150 valence electrons. The van der Waals surface area contributed by atoms with E-state index < -0.39 is 0 Å². The number of nitrogens with zero attached hydrogens (tertiary/aromatic N) is 3. The Morgan fingerprint density at radius 2 is 2.11 bits per heavy atom. The monoisotopic (exact) mass is 382 g/mol. The summed E-state index contributed by atoms with van der Waals surface area (Å²) in [7, 11) is 1.63. The van der Waals surface area contributed by atoms with Crippen molar-refractivity contribution in [2.24, 2.45) is 5.41 Å². The number of pyridine rings is 2. The van der Waals surface area contributed by atoms with Gasteiger partial charge in [0.05, 0.1) is 18.5 Å². The summed E-state index contributed by atoms with van der Waals surface area (Å²) < 4.78 is 5.24. The number of nitrogens with one attached hydrogen (secondary N) is 1. The smallest absolute Gasteiger partial charge is 0.226 e. The van der Waals surface area contributed by atoms with Crippen LogP contribution in [0.4, 0.5) is 11.5 Å². The zero-order valence-electron chi connectivity index (χ0n) is 17.5. The molecular weight excluding hydrogens is 352 g/mol. The number of methoxy groups -OCH3 is 1. The minimum atomic E-state index is -0.0470. The van der Waals surface area contributed by atoms with Gasteiger partial charge in [0.2, 0.25) is 11.8 Å². The van der Waals surface area contributed by atoms with Gasteiger partial charge < -0.3 is 15.0 Å². The Morgan fingerprint density at radius 3 is 2.82 bits per heavy atom. The maximum absolute atomic E-state index is 12.3. The van der Waals surface area contributed by atoms with Gasteiger partial charge in [-0.05, 0) is 48.4 Å². The van der Waals surface area contributed by atoms with E-state index >= 15 is 0 Å². The summed E-state index contributed by atoms with van der Waals surface area (Å²) in [5.41, 5.74) is 4.28. The topological polar surface area (TPSA) is 67.3 Å². The van der Waals surface area contributed by atoms with Crippen LogP contribution in [0.1, 0.15) is 50.4 Å². The lowest BCUT2D eigenvalue weighted by atomic mass is 9.92. The number of rotatable bonds is 5. The Balaban J connectivity index is 1.80. The van der Waals surface area contributed by atoms with Crippen LogP contribution in [0.5, 0.6) is 5.88 Å². The fraction of sp³-hybridized carbons (Fsp3) is 0.500. The highest BCUT2D eigenvalue weighted by Gasteiger charge is 2.22. The number of ether oxygens (including phenoxy) is 1. The third-order valence-electron chi connectivity index (χ3n) is 4.78. The molecule has 0 saturated heterocycles. The molecule has 1 aliphatic rings. The van der Waals surface area contributed by atoms with Gasteiger partial charge in [-0.1, -0.05) is 20.8 Å². The van der Waals surface area contributed by atoms with Crippen molar-refractivity contribution in [3.63, 3.8) is 0 Å². The number of hydrogen-bond donors (Lipinski definition) is 1. The lowest BCUT2D eigenvalue weighted by molar-refractivity contribution is -0.117. The molecule has 3 heterocycles. The summed E-state index contributed by atoms with van der Waals surface area (Å²) in [6.45, 7) is 9.95. The Labute approximate surface area is 167 Å². The Morgan fingerprint density at radius 1 is 1.32 bits per heavy atom. The van der Waals surface area contributed by atoms with Crippen molar-refractivity contribution in [3.05, 3.63) is 41.2 Å². The fourth-order valence-electron chi connectivity index (χ4n) is 3.48. The number of aryl methyl sites for hydroxylation is 2. The second-order valence-corrected chi connectivity index (χ2v) is 8.64. The average Bonchev–Trinajstić information content (AvgIpc) is 2.61. The quantitative estimate of drug-likeness (QED) is 0.842. The number of carbonyl (C=O) groups excluding carboxylic acids is 1. The van der Waals surface area contributed by atoms with Crippen LogP contribution in [0, 0.1) is 12.3 Å². The lowest BCUT2D eigenvalue weighted by Gasteiger charge is -2.31. The summed E-state index contributed by atoms with van der Waals surface area (Å²) in [6.07, 6.45) is 4.21. The Kier molecular flexibility index (Phi) is 5.87. The molecular formula is C22H30N4O2. The number of anilines is 2. The molecule has 3 rings (SSSR count). The van der Waals surface area contributed by atoms with Crippen molar-refractivity contribution in [2.75, 3.05) is 23.9 Å². The molecule has 0 atom stereocenters. The molecule has 2 aromatic rings. The molecule has 0 saturated carbocycles. The average molecular weight is 383 g/mol. The number of aromatic nitrogens is 2. The van der Waals surface area contributed by atoms with Gasteiger partial charge in [0, 0.05) is 31.8 Å². The number of carbonyl (C=O) groups is 1. The maximum Gasteiger partial charge on any atom is 0.226 e. The van der Waals surface area contributed by atoms with E-state index in [1.165, 1.54) is 0 Å². The second kappa shape index (κ2) is 8.17. The van der Waals surface area contributed by atoms with Crippen LogP contribution in [0.25, 0.3) is 0 Å². The van der Waals surface area contributed by atoms with Crippen molar-refractivity contribution in [2.45, 2.75) is 53.5 Å². The molecule has 6 nitrogen and oxygen atoms in total. The molecule has 0 unspecified atom stereocenters. The van der Waals surface area contributed by atoms with E-state index in [4.69, 9.17) is 9.72 Å². The highest BCUT2D eigenvalue weighted by molar-refractivity contribution is 5.91. The Bertz CT molecular complexity index is 858. The summed E-state index contributed by atoms with van der Waals surface area (Å²) in [5.74, 6) is 1.32. The molecule has 1 amide bonds. The molecule has 2 aromatic heterocycles. The van der Waals surface area contributed by atoms with Crippen molar-refractivity contribution in [3.8, 4) is 5.88 Å². The minimum Gasteiger partial charge on any atom is -0.481 e. The predicted octanol–water partition coefficient (Wildman–Crippen LogP) is 4.12. The summed E-state index contributed by atoms with van der Waals surface area (Å²) in [4.78, 5) is 23.7. The molecule has 6 heteroatoms. The molecule has 0 aromatic carbocycles. The van der Waals surface area contributed by atoms with Crippen molar-refractivity contribution in [1.82, 2.24) is 9.97 Å². The summed E-state index contributed by atoms with van der Waals surface area (Å²) in [5, 5.41) is 3.00. The zero-order valence-corrected chi connectivity index (χ0v) is 17.5. The van der Waals surface area contributed by atoms with E-state index in [0.717, 1.165) is 48.4 Å². The van der Waals surface area contributed by atoms with Gasteiger partial charge in [-0.2, -0.15) is 0 Å². The van der Waals surface area contributed by atoms with Crippen LogP contribution in [0.15, 0.2) is 24.4 Å². The molecule has 0 radical (unpaired) electrons. The van der Waals surface area contributed by atoms with Crippen LogP contribution < -0.4 is 15.0 Å². The van der Waals surface area contributed by atoms with Crippen molar-refractivity contribution < 1.29 is 9.53 Å². The van der Waals surface area contributed by atoms with Gasteiger partial charge in [0.15, 0.2) is 0 Å². The minimum absolute atomic E-state index is 0.0135. The highest BCUT2D eigenvalue weighted by Crippen LogP contribution is 2.31. The van der Waals surface area contributed by atoms with Gasteiger partial charge >= 0.3 is 0 Å². The van der Waals surface area contributed by atoms with Crippen LogP contribution in [-0.2, 0) is 17.8 Å². The van der Waals surface area contributed by atoms with E-state index in [0.29, 0.717) is 18.1 Å².